The summed E-state index contributed by atoms with van der Waals surface area (Å²) in [6.07, 6.45) is 21.6. The van der Waals surface area contributed by atoms with E-state index in [1.165, 1.54) is 89.8 Å². The molecule has 2 atom stereocenters. The van der Waals surface area contributed by atoms with Gasteiger partial charge in [0.05, 0.1) is 0 Å². The van der Waals surface area contributed by atoms with Crippen LogP contribution in [0.5, 0.6) is 0 Å². The molecule has 2 rings (SSSR count). The first-order valence-corrected chi connectivity index (χ1v) is 10.0. The number of rotatable bonds is 2. The Kier molecular flexibility index (Phi) is 6.96. The van der Waals surface area contributed by atoms with Gasteiger partial charge in [0.2, 0.25) is 0 Å². The number of hydrogen-bond donors (Lipinski definition) is 0. The van der Waals surface area contributed by atoms with Crippen molar-refractivity contribution in [2.75, 3.05) is 0 Å². The molecular weight excluding hydrogens is 268 g/mol. The highest BCUT2D eigenvalue weighted by Crippen LogP contribution is 2.53. The van der Waals surface area contributed by atoms with Gasteiger partial charge in [-0.05, 0) is 49.4 Å². The minimum absolute atomic E-state index is 0.343. The molecule has 0 aromatic rings. The van der Waals surface area contributed by atoms with Crippen molar-refractivity contribution in [3.8, 4) is 0 Å². The molecule has 0 amide bonds. The van der Waals surface area contributed by atoms with E-state index < -0.39 is 0 Å². The number of carbonyl (C=O) groups excluding carboxylic acids is 1. The lowest BCUT2D eigenvalue weighted by atomic mass is 9.57. The molecule has 22 heavy (non-hydrogen) atoms. The van der Waals surface area contributed by atoms with E-state index in [0.717, 1.165) is 12.8 Å². The fourth-order valence-electron chi connectivity index (χ4n) is 5.15. The maximum Gasteiger partial charge on any atom is 0.123 e. The summed E-state index contributed by atoms with van der Waals surface area (Å²) in [5, 5.41) is 0. The lowest BCUT2D eigenvalue weighted by molar-refractivity contribution is -0.111. The molecule has 128 valence electrons. The Morgan fingerprint density at radius 1 is 0.636 bits per heavy atom. The lowest BCUT2D eigenvalue weighted by Gasteiger charge is -2.48. The Hall–Kier alpha value is -0.330. The van der Waals surface area contributed by atoms with Crippen molar-refractivity contribution < 1.29 is 4.79 Å². The van der Waals surface area contributed by atoms with E-state index in [1.54, 1.807) is 0 Å². The fourth-order valence-corrected chi connectivity index (χ4v) is 5.15. The monoisotopic (exact) mass is 306 g/mol. The van der Waals surface area contributed by atoms with Crippen LogP contribution >= 0.6 is 0 Å². The molecule has 0 heterocycles. The molecule has 0 aromatic carbocycles. The molecule has 0 radical (unpaired) electrons. The summed E-state index contributed by atoms with van der Waals surface area (Å²) in [6, 6.07) is 0. The molecule has 0 bridgehead atoms. The van der Waals surface area contributed by atoms with E-state index in [-0.39, 0.29) is 0 Å². The zero-order valence-electron chi connectivity index (χ0n) is 15.2. The van der Waals surface area contributed by atoms with Crippen molar-refractivity contribution in [2.45, 2.75) is 110 Å². The third-order valence-electron chi connectivity index (χ3n) is 7.21. The zero-order valence-corrected chi connectivity index (χ0v) is 15.2. The summed E-state index contributed by atoms with van der Waals surface area (Å²) in [4.78, 5) is 11.2. The molecule has 0 saturated heterocycles. The molecule has 1 heteroatoms. The van der Waals surface area contributed by atoms with E-state index in [2.05, 4.69) is 13.8 Å². The summed E-state index contributed by atoms with van der Waals surface area (Å²) in [6.45, 7) is 5.19. The zero-order chi connectivity index (χ0) is 15.9. The van der Waals surface area contributed by atoms with Crippen LogP contribution in [0.4, 0.5) is 0 Å². The second-order valence-electron chi connectivity index (χ2n) is 8.78. The summed E-state index contributed by atoms with van der Waals surface area (Å²) in [5.74, 6) is 0.343. The molecule has 2 fully saturated rings. The minimum atomic E-state index is 0.343. The lowest BCUT2D eigenvalue weighted by Crippen LogP contribution is -2.38. The fraction of sp³-hybridized carbons (Fsp3) is 0.952. The second-order valence-corrected chi connectivity index (χ2v) is 8.78. The molecule has 1 nitrogen and oxygen atoms in total. The van der Waals surface area contributed by atoms with Crippen LogP contribution < -0.4 is 0 Å². The molecule has 2 unspecified atom stereocenters. The Balaban J connectivity index is 2.07. The standard InChI is InChI=1S/C21H38O/c1-20(14-8-5-3-4-6-9-15-20)21(2)16-10-7-12-19(18-22)13-11-17-21/h18-19H,3-17H2,1-2H3. The minimum Gasteiger partial charge on any atom is -0.303 e. The van der Waals surface area contributed by atoms with E-state index in [4.69, 9.17) is 0 Å². The molecule has 0 aliphatic heterocycles. The van der Waals surface area contributed by atoms with Crippen LogP contribution in [0.2, 0.25) is 0 Å². The first-order valence-electron chi connectivity index (χ1n) is 10.0. The van der Waals surface area contributed by atoms with Crippen LogP contribution in [0, 0.1) is 16.7 Å². The van der Waals surface area contributed by atoms with Gasteiger partial charge in [-0.3, -0.25) is 0 Å². The predicted molar refractivity (Wildman–Crippen MR) is 95.0 cm³/mol. The predicted octanol–water partition coefficient (Wildman–Crippen LogP) is 6.69. The largest absolute Gasteiger partial charge is 0.303 e. The Morgan fingerprint density at radius 2 is 1.05 bits per heavy atom. The summed E-state index contributed by atoms with van der Waals surface area (Å²) < 4.78 is 0. The van der Waals surface area contributed by atoms with Crippen LogP contribution in [-0.4, -0.2) is 6.29 Å². The van der Waals surface area contributed by atoms with Crippen molar-refractivity contribution in [2.24, 2.45) is 16.7 Å². The van der Waals surface area contributed by atoms with Gasteiger partial charge in [-0.2, -0.15) is 0 Å². The van der Waals surface area contributed by atoms with Gasteiger partial charge < -0.3 is 4.79 Å². The van der Waals surface area contributed by atoms with Gasteiger partial charge in [-0.25, -0.2) is 0 Å². The topological polar surface area (TPSA) is 17.1 Å². The van der Waals surface area contributed by atoms with E-state index in [9.17, 15) is 4.79 Å². The summed E-state index contributed by atoms with van der Waals surface area (Å²) >= 11 is 0. The molecule has 2 aliphatic carbocycles. The van der Waals surface area contributed by atoms with Crippen molar-refractivity contribution in [1.82, 2.24) is 0 Å². The molecule has 0 N–H and O–H groups in total. The maximum absolute atomic E-state index is 11.2. The Morgan fingerprint density at radius 3 is 1.59 bits per heavy atom. The van der Waals surface area contributed by atoms with Gasteiger partial charge in [-0.15, -0.1) is 0 Å². The normalized spacial score (nSPS) is 35.1. The SMILES string of the molecule is CC1(C2(C)CCCCC(C=O)CCC2)CCCCCCCC1. The maximum atomic E-state index is 11.2. The van der Waals surface area contributed by atoms with Crippen molar-refractivity contribution in [3.63, 3.8) is 0 Å². The second kappa shape index (κ2) is 8.50. The third kappa shape index (κ3) is 4.59. The van der Waals surface area contributed by atoms with Crippen LogP contribution in [0.25, 0.3) is 0 Å². The van der Waals surface area contributed by atoms with Gasteiger partial charge in [0.25, 0.3) is 0 Å². The van der Waals surface area contributed by atoms with Crippen LogP contribution in [0.1, 0.15) is 110 Å². The van der Waals surface area contributed by atoms with Crippen LogP contribution in [0.3, 0.4) is 0 Å². The Bertz CT molecular complexity index is 325. The highest BCUT2D eigenvalue weighted by molar-refractivity contribution is 5.53. The van der Waals surface area contributed by atoms with Crippen molar-refractivity contribution in [1.29, 1.82) is 0 Å². The highest BCUT2D eigenvalue weighted by atomic mass is 16.1. The molecule has 2 saturated carbocycles. The average molecular weight is 307 g/mol. The molecule has 0 aromatic heterocycles. The van der Waals surface area contributed by atoms with Gasteiger partial charge in [-0.1, -0.05) is 71.6 Å². The Labute approximate surface area is 138 Å². The highest BCUT2D eigenvalue weighted by Gasteiger charge is 2.42. The average Bonchev–Trinajstić information content (AvgIpc) is 2.68. The molecular formula is C21H38O. The molecule has 2 aliphatic rings. The van der Waals surface area contributed by atoms with Gasteiger partial charge >= 0.3 is 0 Å². The van der Waals surface area contributed by atoms with E-state index in [0.29, 0.717) is 16.7 Å². The van der Waals surface area contributed by atoms with Crippen molar-refractivity contribution in [3.05, 3.63) is 0 Å². The summed E-state index contributed by atoms with van der Waals surface area (Å²) in [5.41, 5.74) is 1.02. The first kappa shape index (κ1) is 18.0. The third-order valence-corrected chi connectivity index (χ3v) is 7.21. The van der Waals surface area contributed by atoms with Crippen LogP contribution in [-0.2, 0) is 4.79 Å². The van der Waals surface area contributed by atoms with Gasteiger partial charge in [0, 0.05) is 5.92 Å². The van der Waals surface area contributed by atoms with E-state index in [1.807, 2.05) is 0 Å². The smallest absolute Gasteiger partial charge is 0.123 e. The quantitative estimate of drug-likeness (QED) is 0.519. The van der Waals surface area contributed by atoms with Gasteiger partial charge in [0.1, 0.15) is 6.29 Å². The number of carbonyl (C=O) groups is 1. The van der Waals surface area contributed by atoms with Crippen molar-refractivity contribution >= 4 is 6.29 Å². The number of aldehydes is 1. The van der Waals surface area contributed by atoms with Gasteiger partial charge in [0.15, 0.2) is 0 Å². The number of hydrogen-bond acceptors (Lipinski definition) is 1. The van der Waals surface area contributed by atoms with E-state index >= 15 is 0 Å². The van der Waals surface area contributed by atoms with Crippen LogP contribution in [0.15, 0.2) is 0 Å². The first-order chi connectivity index (χ1) is 10.6. The molecule has 0 spiro atoms. The summed E-state index contributed by atoms with van der Waals surface area (Å²) in [7, 11) is 0.